The summed E-state index contributed by atoms with van der Waals surface area (Å²) in [6.07, 6.45) is 6.00. The van der Waals surface area contributed by atoms with E-state index in [-0.39, 0.29) is 17.2 Å². The van der Waals surface area contributed by atoms with Crippen LogP contribution in [0.25, 0.3) is 0 Å². The molecule has 1 atom stereocenters. The number of carbonyl (C=O) groups excluding carboxylic acids is 1. The first-order chi connectivity index (χ1) is 10.7. The zero-order valence-corrected chi connectivity index (χ0v) is 13.5. The van der Waals surface area contributed by atoms with Crippen LogP contribution in [0.15, 0.2) is 12.4 Å². The minimum Gasteiger partial charge on any atom is -0.381 e. The smallest absolute Gasteiger partial charge is 0.224 e. The van der Waals surface area contributed by atoms with E-state index in [0.717, 1.165) is 52.2 Å². The van der Waals surface area contributed by atoms with Crippen molar-refractivity contribution in [1.82, 2.24) is 20.0 Å². The lowest BCUT2D eigenvalue weighted by Gasteiger charge is -2.37. The average molecular weight is 306 g/mol. The second-order valence-electron chi connectivity index (χ2n) is 6.52. The summed E-state index contributed by atoms with van der Waals surface area (Å²) in [5.74, 6) is 0.247. The van der Waals surface area contributed by atoms with Crippen molar-refractivity contribution in [2.75, 3.05) is 33.4 Å². The fourth-order valence-corrected chi connectivity index (χ4v) is 3.93. The molecule has 1 aromatic heterocycles. The van der Waals surface area contributed by atoms with Crippen molar-refractivity contribution in [3.63, 3.8) is 0 Å². The summed E-state index contributed by atoms with van der Waals surface area (Å²) in [5.41, 5.74) is 1.31. The molecule has 3 rings (SSSR count). The highest BCUT2D eigenvalue weighted by atomic mass is 16.5. The Morgan fingerprint density at radius 1 is 1.50 bits per heavy atom. The molecule has 1 aromatic rings. The first kappa shape index (κ1) is 15.5. The van der Waals surface area contributed by atoms with Crippen molar-refractivity contribution in [3.05, 3.63) is 18.0 Å². The summed E-state index contributed by atoms with van der Waals surface area (Å²) in [4.78, 5) is 14.7. The number of nitrogens with one attached hydrogen (secondary N) is 1. The molecule has 1 unspecified atom stereocenters. The Labute approximate surface area is 131 Å². The third-order valence-corrected chi connectivity index (χ3v) is 5.19. The zero-order chi connectivity index (χ0) is 15.6. The number of aromatic nitrogens is 2. The molecule has 1 spiro atoms. The molecule has 122 valence electrons. The quantitative estimate of drug-likeness (QED) is 0.897. The number of hydrogen-bond donors (Lipinski definition) is 1. The Balaban J connectivity index is 1.73. The van der Waals surface area contributed by atoms with Gasteiger partial charge in [-0.15, -0.1) is 0 Å². The van der Waals surface area contributed by atoms with Crippen LogP contribution in [0.4, 0.5) is 0 Å². The van der Waals surface area contributed by atoms with Crippen molar-refractivity contribution < 1.29 is 9.53 Å². The zero-order valence-electron chi connectivity index (χ0n) is 13.5. The molecular weight excluding hydrogens is 280 g/mol. The molecule has 0 aromatic carbocycles. The van der Waals surface area contributed by atoms with Gasteiger partial charge in [0, 0.05) is 63.6 Å². The molecule has 2 saturated heterocycles. The fraction of sp³-hybridized carbons (Fsp3) is 0.750. The molecule has 3 heterocycles. The van der Waals surface area contributed by atoms with Gasteiger partial charge in [0.15, 0.2) is 0 Å². The Morgan fingerprint density at radius 3 is 2.91 bits per heavy atom. The third kappa shape index (κ3) is 2.90. The first-order valence-corrected chi connectivity index (χ1v) is 8.20. The molecule has 0 radical (unpaired) electrons. The largest absolute Gasteiger partial charge is 0.381 e. The maximum atomic E-state index is 12.3. The van der Waals surface area contributed by atoms with Crippen LogP contribution in [0.1, 0.15) is 25.3 Å². The number of hydrogen-bond acceptors (Lipinski definition) is 4. The van der Waals surface area contributed by atoms with Crippen molar-refractivity contribution in [2.24, 2.45) is 11.3 Å². The number of amides is 1. The van der Waals surface area contributed by atoms with E-state index >= 15 is 0 Å². The van der Waals surface area contributed by atoms with Crippen LogP contribution in [0.3, 0.4) is 0 Å². The van der Waals surface area contributed by atoms with Crippen LogP contribution in [-0.4, -0.2) is 53.9 Å². The SMILES string of the molecule is CCn1cc(CN2CC(C(=O)NC)C3(CCOCC3)C2)cn1. The topological polar surface area (TPSA) is 59.4 Å². The standard InChI is InChI=1S/C16H26N4O2/c1-3-20-10-13(8-18-20)9-19-11-14(15(21)17-2)16(12-19)4-6-22-7-5-16/h8,10,14H,3-7,9,11-12H2,1-2H3,(H,17,21). The van der Waals surface area contributed by atoms with Gasteiger partial charge in [-0.05, 0) is 19.8 Å². The molecule has 1 amide bonds. The van der Waals surface area contributed by atoms with E-state index in [2.05, 4.69) is 28.4 Å². The second kappa shape index (κ2) is 6.38. The monoisotopic (exact) mass is 306 g/mol. The molecule has 2 fully saturated rings. The number of nitrogens with zero attached hydrogens (tertiary/aromatic N) is 3. The van der Waals surface area contributed by atoms with Gasteiger partial charge in [-0.25, -0.2) is 0 Å². The van der Waals surface area contributed by atoms with Gasteiger partial charge in [0.05, 0.1) is 12.1 Å². The van der Waals surface area contributed by atoms with Gasteiger partial charge >= 0.3 is 0 Å². The summed E-state index contributed by atoms with van der Waals surface area (Å²) < 4.78 is 7.48. The van der Waals surface area contributed by atoms with E-state index in [9.17, 15) is 4.79 Å². The summed E-state index contributed by atoms with van der Waals surface area (Å²) >= 11 is 0. The summed E-state index contributed by atoms with van der Waals surface area (Å²) in [6, 6.07) is 0. The fourth-order valence-electron chi connectivity index (χ4n) is 3.93. The van der Waals surface area contributed by atoms with Crippen LogP contribution in [0.2, 0.25) is 0 Å². The van der Waals surface area contributed by atoms with Gasteiger partial charge in [0.1, 0.15) is 0 Å². The van der Waals surface area contributed by atoms with E-state index in [1.165, 1.54) is 5.56 Å². The van der Waals surface area contributed by atoms with Crippen LogP contribution in [0.5, 0.6) is 0 Å². The van der Waals surface area contributed by atoms with Gasteiger partial charge in [-0.1, -0.05) is 0 Å². The lowest BCUT2D eigenvalue weighted by atomic mass is 9.72. The third-order valence-electron chi connectivity index (χ3n) is 5.19. The highest BCUT2D eigenvalue weighted by Crippen LogP contribution is 2.44. The van der Waals surface area contributed by atoms with Crippen molar-refractivity contribution in [2.45, 2.75) is 32.9 Å². The molecule has 22 heavy (non-hydrogen) atoms. The second-order valence-corrected chi connectivity index (χ2v) is 6.52. The molecule has 6 nitrogen and oxygen atoms in total. The number of ether oxygens (including phenoxy) is 1. The van der Waals surface area contributed by atoms with E-state index < -0.39 is 0 Å². The molecule has 2 aliphatic heterocycles. The van der Waals surface area contributed by atoms with E-state index in [4.69, 9.17) is 4.74 Å². The van der Waals surface area contributed by atoms with Crippen LogP contribution < -0.4 is 5.32 Å². The number of rotatable bonds is 4. The maximum Gasteiger partial charge on any atom is 0.224 e. The summed E-state index contributed by atoms with van der Waals surface area (Å²) in [7, 11) is 1.74. The van der Waals surface area contributed by atoms with Crippen LogP contribution in [0, 0.1) is 11.3 Å². The van der Waals surface area contributed by atoms with Gasteiger partial charge < -0.3 is 10.1 Å². The Hall–Kier alpha value is -1.40. The molecule has 6 heteroatoms. The van der Waals surface area contributed by atoms with Gasteiger partial charge in [0.25, 0.3) is 0 Å². The van der Waals surface area contributed by atoms with Crippen molar-refractivity contribution in [1.29, 1.82) is 0 Å². The maximum absolute atomic E-state index is 12.3. The minimum atomic E-state index is 0.0719. The van der Waals surface area contributed by atoms with Gasteiger partial charge in [-0.2, -0.15) is 5.10 Å². The number of likely N-dealkylation sites (tertiary alicyclic amines) is 1. The van der Waals surface area contributed by atoms with Gasteiger partial charge in [0.2, 0.25) is 5.91 Å². The number of aryl methyl sites for hydroxylation is 1. The number of carbonyl (C=O) groups is 1. The van der Waals surface area contributed by atoms with Crippen molar-refractivity contribution >= 4 is 5.91 Å². The van der Waals surface area contributed by atoms with Crippen LogP contribution in [-0.2, 0) is 22.6 Å². The molecule has 0 bridgehead atoms. The Kier molecular flexibility index (Phi) is 4.49. The molecule has 2 aliphatic rings. The summed E-state index contributed by atoms with van der Waals surface area (Å²) in [5, 5.41) is 7.20. The average Bonchev–Trinajstić information content (AvgIpc) is 3.12. The lowest BCUT2D eigenvalue weighted by Crippen LogP contribution is -2.43. The van der Waals surface area contributed by atoms with E-state index in [1.807, 2.05) is 10.9 Å². The predicted molar refractivity (Wildman–Crippen MR) is 83.2 cm³/mol. The molecule has 0 saturated carbocycles. The van der Waals surface area contributed by atoms with Crippen molar-refractivity contribution in [3.8, 4) is 0 Å². The highest BCUT2D eigenvalue weighted by molar-refractivity contribution is 5.80. The lowest BCUT2D eigenvalue weighted by molar-refractivity contribution is -0.129. The van der Waals surface area contributed by atoms with Crippen LogP contribution >= 0.6 is 0 Å². The van der Waals surface area contributed by atoms with Gasteiger partial charge in [-0.3, -0.25) is 14.4 Å². The predicted octanol–water partition coefficient (Wildman–Crippen LogP) is 0.878. The normalized spacial score (nSPS) is 24.7. The van der Waals surface area contributed by atoms with E-state index in [1.54, 1.807) is 7.05 Å². The highest BCUT2D eigenvalue weighted by Gasteiger charge is 2.50. The molecular formula is C16H26N4O2. The van der Waals surface area contributed by atoms with E-state index in [0.29, 0.717) is 0 Å². The Bertz CT molecular complexity index is 522. The summed E-state index contributed by atoms with van der Waals surface area (Å²) in [6.45, 7) is 7.20. The Morgan fingerprint density at radius 2 is 2.27 bits per heavy atom. The molecule has 0 aliphatic carbocycles. The molecule has 1 N–H and O–H groups in total. The minimum absolute atomic E-state index is 0.0719. The first-order valence-electron chi connectivity index (χ1n) is 8.20.